The van der Waals surface area contributed by atoms with Gasteiger partial charge in [-0.15, -0.1) is 0 Å². The van der Waals surface area contributed by atoms with Crippen molar-refractivity contribution >= 4 is 22.7 Å². The number of nitro benzene ring substituents is 4. The number of non-ortho nitro benzene ring substituents is 4. The summed E-state index contributed by atoms with van der Waals surface area (Å²) in [6.07, 6.45) is 0. The molecule has 0 aliphatic rings. The highest BCUT2D eigenvalue weighted by Crippen LogP contribution is 2.26. The zero-order valence-corrected chi connectivity index (χ0v) is 11.7. The van der Waals surface area contributed by atoms with E-state index in [9.17, 15) is 40.5 Å². The lowest BCUT2D eigenvalue weighted by Crippen LogP contribution is -1.96. The fraction of sp³-hybridized carbons (Fsp3) is 0. The number of hydrogen-bond donors (Lipinski definition) is 0. The van der Waals surface area contributed by atoms with Gasteiger partial charge in [-0.25, -0.2) is 0 Å². The van der Waals surface area contributed by atoms with E-state index in [0.717, 1.165) is 0 Å². The Bertz CT molecular complexity index is 714. The Kier molecular flexibility index (Phi) is 5.94. The molecule has 12 heteroatoms. The molecular formula is C12H8N4O8. The highest BCUT2D eigenvalue weighted by molar-refractivity contribution is 5.52. The van der Waals surface area contributed by atoms with Crippen molar-refractivity contribution in [2.45, 2.75) is 0 Å². The zero-order valence-electron chi connectivity index (χ0n) is 11.7. The molecule has 0 aromatic heterocycles. The smallest absolute Gasteiger partial charge is 0.258 e. The third kappa shape index (κ3) is 5.10. The van der Waals surface area contributed by atoms with Crippen LogP contribution >= 0.6 is 0 Å². The van der Waals surface area contributed by atoms with Gasteiger partial charge in [-0.2, -0.15) is 0 Å². The van der Waals surface area contributed by atoms with Gasteiger partial charge in [0.25, 0.3) is 22.7 Å². The van der Waals surface area contributed by atoms with Gasteiger partial charge < -0.3 is 0 Å². The summed E-state index contributed by atoms with van der Waals surface area (Å²) in [5, 5.41) is 40.9. The van der Waals surface area contributed by atoms with Crippen LogP contribution in [0.5, 0.6) is 0 Å². The van der Waals surface area contributed by atoms with Gasteiger partial charge in [-0.05, 0) is 0 Å². The van der Waals surface area contributed by atoms with Crippen LogP contribution in [0, 0.1) is 40.5 Å². The first kappa shape index (κ1) is 18.1. The molecule has 0 fully saturated rings. The van der Waals surface area contributed by atoms with E-state index in [-0.39, 0.29) is 5.69 Å². The lowest BCUT2D eigenvalue weighted by molar-refractivity contribution is -0.403. The standard InChI is InChI=1S/C6H3N3O6.C6H5NO2/c10-7(11)4-1-5(8(12)13)3-6(2-4)9(14)15;8-7(9)6-4-2-1-3-5-6/h1-3H;1-5H. The molecule has 124 valence electrons. The van der Waals surface area contributed by atoms with E-state index in [1.54, 1.807) is 18.2 Å². The monoisotopic (exact) mass is 336 g/mol. The predicted molar refractivity (Wildman–Crippen MR) is 79.5 cm³/mol. The largest absolute Gasteiger partial charge is 0.283 e. The molecule has 2 aromatic rings. The number of nitrogens with zero attached hydrogens (tertiary/aromatic N) is 4. The summed E-state index contributed by atoms with van der Waals surface area (Å²) in [5.41, 5.74) is -1.92. The Morgan fingerprint density at radius 3 is 1.00 bits per heavy atom. The Hall–Kier alpha value is -3.96. The van der Waals surface area contributed by atoms with Crippen molar-refractivity contribution in [1.29, 1.82) is 0 Å². The normalized spacial score (nSPS) is 9.33. The molecule has 24 heavy (non-hydrogen) atoms. The summed E-state index contributed by atoms with van der Waals surface area (Å²) >= 11 is 0. The highest BCUT2D eigenvalue weighted by atomic mass is 16.6. The summed E-state index contributed by atoms with van der Waals surface area (Å²) in [4.78, 5) is 37.7. The molecule has 0 saturated carbocycles. The fourth-order valence-electron chi connectivity index (χ4n) is 1.45. The van der Waals surface area contributed by atoms with Crippen LogP contribution in [0.15, 0.2) is 48.5 Å². The molecule has 0 amide bonds. The fourth-order valence-corrected chi connectivity index (χ4v) is 1.45. The summed E-state index contributed by atoms with van der Waals surface area (Å²) < 4.78 is 0. The summed E-state index contributed by atoms with van der Waals surface area (Å²) in [6.45, 7) is 0. The molecule has 2 rings (SSSR count). The van der Waals surface area contributed by atoms with E-state index in [0.29, 0.717) is 18.2 Å². The molecule has 0 atom stereocenters. The summed E-state index contributed by atoms with van der Waals surface area (Å²) in [7, 11) is 0. The average molecular weight is 336 g/mol. The second kappa shape index (κ2) is 7.88. The molecule has 0 aliphatic heterocycles. The molecule has 0 heterocycles. The molecule has 0 bridgehead atoms. The Labute approximate surface area is 132 Å². The quantitative estimate of drug-likeness (QED) is 0.604. The van der Waals surface area contributed by atoms with Gasteiger partial charge in [0.05, 0.1) is 37.9 Å². The third-order valence-electron chi connectivity index (χ3n) is 2.49. The first-order valence-corrected chi connectivity index (χ1v) is 6.00. The number of hydrogen-bond acceptors (Lipinski definition) is 8. The van der Waals surface area contributed by atoms with Crippen LogP contribution in [0.4, 0.5) is 22.7 Å². The van der Waals surface area contributed by atoms with E-state index < -0.39 is 36.8 Å². The van der Waals surface area contributed by atoms with Gasteiger partial charge in [0.1, 0.15) is 0 Å². The molecule has 2 aromatic carbocycles. The predicted octanol–water partition coefficient (Wildman–Crippen LogP) is 3.01. The van der Waals surface area contributed by atoms with Crippen molar-refractivity contribution in [3.8, 4) is 0 Å². The maximum atomic E-state index is 10.3. The molecule has 12 nitrogen and oxygen atoms in total. The van der Waals surface area contributed by atoms with Crippen molar-refractivity contribution in [2.75, 3.05) is 0 Å². The van der Waals surface area contributed by atoms with Crippen LogP contribution in [0.2, 0.25) is 0 Å². The molecule has 0 N–H and O–H groups in total. The zero-order chi connectivity index (χ0) is 18.3. The lowest BCUT2D eigenvalue weighted by Gasteiger charge is -1.93. The van der Waals surface area contributed by atoms with Gasteiger partial charge in [0.2, 0.25) is 0 Å². The van der Waals surface area contributed by atoms with Crippen molar-refractivity contribution in [3.05, 3.63) is 89.0 Å². The van der Waals surface area contributed by atoms with Gasteiger partial charge in [-0.3, -0.25) is 40.5 Å². The van der Waals surface area contributed by atoms with Crippen LogP contribution in [-0.2, 0) is 0 Å². The van der Waals surface area contributed by atoms with Gasteiger partial charge in [-0.1, -0.05) is 18.2 Å². The molecule has 0 radical (unpaired) electrons. The van der Waals surface area contributed by atoms with Gasteiger partial charge in [0, 0.05) is 12.1 Å². The molecule has 0 saturated heterocycles. The van der Waals surface area contributed by atoms with Crippen LogP contribution in [0.3, 0.4) is 0 Å². The SMILES string of the molecule is O=[N+]([O-])c1cc([N+](=O)[O-])cc([N+](=O)[O-])c1.O=[N+]([O-])c1ccccc1. The van der Waals surface area contributed by atoms with E-state index in [4.69, 9.17) is 0 Å². The topological polar surface area (TPSA) is 173 Å². The Morgan fingerprint density at radius 2 is 0.792 bits per heavy atom. The Morgan fingerprint density at radius 1 is 0.500 bits per heavy atom. The average Bonchev–Trinajstić information content (AvgIpc) is 2.55. The molecular weight excluding hydrogens is 328 g/mol. The van der Waals surface area contributed by atoms with Crippen LogP contribution in [0.1, 0.15) is 0 Å². The number of benzene rings is 2. The van der Waals surface area contributed by atoms with Crippen molar-refractivity contribution in [1.82, 2.24) is 0 Å². The van der Waals surface area contributed by atoms with Crippen LogP contribution in [0.25, 0.3) is 0 Å². The second-order valence-electron chi connectivity index (χ2n) is 4.07. The molecule has 0 aliphatic carbocycles. The lowest BCUT2D eigenvalue weighted by atomic mass is 10.2. The first-order valence-electron chi connectivity index (χ1n) is 6.00. The van der Waals surface area contributed by atoms with Gasteiger partial charge in [0.15, 0.2) is 0 Å². The van der Waals surface area contributed by atoms with Crippen molar-refractivity contribution in [3.63, 3.8) is 0 Å². The minimum Gasteiger partial charge on any atom is -0.258 e. The maximum absolute atomic E-state index is 10.3. The van der Waals surface area contributed by atoms with Gasteiger partial charge >= 0.3 is 0 Å². The minimum atomic E-state index is -0.931. The second-order valence-corrected chi connectivity index (χ2v) is 4.07. The summed E-state index contributed by atoms with van der Waals surface area (Å²) in [6, 6.07) is 9.91. The van der Waals surface area contributed by atoms with Crippen LogP contribution in [-0.4, -0.2) is 19.7 Å². The highest BCUT2D eigenvalue weighted by Gasteiger charge is 2.21. The molecule has 0 unspecified atom stereocenters. The van der Waals surface area contributed by atoms with Crippen LogP contribution < -0.4 is 0 Å². The summed E-state index contributed by atoms with van der Waals surface area (Å²) in [5.74, 6) is 0. The first-order chi connectivity index (χ1) is 11.2. The minimum absolute atomic E-state index is 0.137. The third-order valence-corrected chi connectivity index (χ3v) is 2.49. The van der Waals surface area contributed by atoms with Crippen molar-refractivity contribution in [2.24, 2.45) is 0 Å². The number of para-hydroxylation sites is 1. The number of rotatable bonds is 4. The van der Waals surface area contributed by atoms with E-state index >= 15 is 0 Å². The van der Waals surface area contributed by atoms with E-state index in [1.165, 1.54) is 12.1 Å². The van der Waals surface area contributed by atoms with E-state index in [1.807, 2.05) is 0 Å². The Balaban J connectivity index is 0.000000272. The number of nitro groups is 4. The van der Waals surface area contributed by atoms with E-state index in [2.05, 4.69) is 0 Å². The molecule has 0 spiro atoms. The maximum Gasteiger partial charge on any atom is 0.283 e. The van der Waals surface area contributed by atoms with Crippen molar-refractivity contribution < 1.29 is 19.7 Å².